The van der Waals surface area contributed by atoms with E-state index in [0.717, 1.165) is 47.8 Å². The van der Waals surface area contributed by atoms with E-state index in [1.165, 1.54) is 38.2 Å². The summed E-state index contributed by atoms with van der Waals surface area (Å²) in [4.78, 5) is 0. The van der Waals surface area contributed by atoms with Crippen molar-refractivity contribution in [3.8, 4) is 17.2 Å². The van der Waals surface area contributed by atoms with Crippen molar-refractivity contribution in [1.29, 1.82) is 0 Å². The fourth-order valence-corrected chi connectivity index (χ4v) is 5.40. The van der Waals surface area contributed by atoms with E-state index >= 15 is 0 Å². The molecule has 0 radical (unpaired) electrons. The van der Waals surface area contributed by atoms with Crippen molar-refractivity contribution in [2.45, 2.75) is 19.5 Å². The molecule has 0 aliphatic carbocycles. The summed E-state index contributed by atoms with van der Waals surface area (Å²) in [6.45, 7) is 1.95. The second-order valence-corrected chi connectivity index (χ2v) is 8.67. The van der Waals surface area contributed by atoms with Gasteiger partial charge in [-0.05, 0) is 41.5 Å². The number of methoxy groups -OCH3 is 1. The second kappa shape index (κ2) is 7.96. The van der Waals surface area contributed by atoms with Gasteiger partial charge in [0.15, 0.2) is 24.2 Å². The first-order valence-corrected chi connectivity index (χ1v) is 11.3. The zero-order chi connectivity index (χ0) is 21.9. The van der Waals surface area contributed by atoms with E-state index < -0.39 is 0 Å². The van der Waals surface area contributed by atoms with Crippen LogP contribution < -0.4 is 36.5 Å². The zero-order valence-electron chi connectivity index (χ0n) is 18.7. The van der Waals surface area contributed by atoms with Crippen molar-refractivity contribution in [1.82, 2.24) is 0 Å². The van der Waals surface area contributed by atoms with Gasteiger partial charge >= 0.3 is 0 Å². The molecular formula is C28H23ClN2O3. The Morgan fingerprint density at radius 2 is 1.76 bits per heavy atom. The summed E-state index contributed by atoms with van der Waals surface area (Å²) >= 11 is 0. The van der Waals surface area contributed by atoms with Gasteiger partial charge < -0.3 is 31.9 Å². The smallest absolute Gasteiger partial charge is 0.231 e. The number of halogens is 1. The third kappa shape index (κ3) is 2.97. The van der Waals surface area contributed by atoms with Crippen LogP contribution in [0.5, 0.6) is 17.2 Å². The Balaban J connectivity index is 0.00000217. The van der Waals surface area contributed by atoms with Crippen molar-refractivity contribution >= 4 is 38.1 Å². The summed E-state index contributed by atoms with van der Waals surface area (Å²) in [6, 6.07) is 21.3. The van der Waals surface area contributed by atoms with Gasteiger partial charge in [-0.2, -0.15) is 4.57 Å². The van der Waals surface area contributed by atoms with E-state index in [9.17, 15) is 0 Å². The van der Waals surface area contributed by atoms with Crippen LogP contribution in [0, 0.1) is 0 Å². The standard InChI is InChI=1S/C28H22N2O3.ClH/c1-31-23-10-9-19-20-7-8-21-25-18(13-24-28(21)33-16-32-24)11-12-30(27(20)25)15-22(19)26(23)29-14-17-5-3-2-4-6-17;/h2-10,13,15H,11-12,14,16H2,1H3;1H. The summed E-state index contributed by atoms with van der Waals surface area (Å²) < 4.78 is 19.7. The fourth-order valence-electron chi connectivity index (χ4n) is 5.40. The molecule has 0 saturated heterocycles. The lowest BCUT2D eigenvalue weighted by molar-refractivity contribution is -0.670. The Labute approximate surface area is 203 Å². The SMILES string of the molecule is COc1ccc2c(c[n+]3c4c2ccc2c5c(cc(c24)CC3)OCO5)c1NCc1ccccc1.[Cl-]. The summed E-state index contributed by atoms with van der Waals surface area (Å²) in [5, 5.41) is 9.69. The summed E-state index contributed by atoms with van der Waals surface area (Å²) in [5.41, 5.74) is 4.85. The van der Waals surface area contributed by atoms with Gasteiger partial charge in [-0.25, -0.2) is 0 Å². The Morgan fingerprint density at radius 1 is 0.941 bits per heavy atom. The van der Waals surface area contributed by atoms with Gasteiger partial charge in [-0.1, -0.05) is 30.3 Å². The molecule has 0 atom stereocenters. The molecule has 1 aromatic heterocycles. The summed E-state index contributed by atoms with van der Waals surface area (Å²) in [7, 11) is 1.73. The first-order chi connectivity index (χ1) is 16.3. The van der Waals surface area contributed by atoms with Crippen LogP contribution >= 0.6 is 0 Å². The predicted molar refractivity (Wildman–Crippen MR) is 129 cm³/mol. The largest absolute Gasteiger partial charge is 1.00 e. The molecule has 6 heteroatoms. The highest BCUT2D eigenvalue weighted by Gasteiger charge is 2.29. The van der Waals surface area contributed by atoms with Crippen LogP contribution in [-0.2, 0) is 19.5 Å². The monoisotopic (exact) mass is 470 g/mol. The minimum absolute atomic E-state index is 0. The zero-order valence-corrected chi connectivity index (χ0v) is 19.5. The van der Waals surface area contributed by atoms with Gasteiger partial charge in [-0.15, -0.1) is 0 Å². The van der Waals surface area contributed by atoms with Crippen molar-refractivity contribution in [2.24, 2.45) is 0 Å². The molecule has 5 nitrogen and oxygen atoms in total. The molecule has 170 valence electrons. The van der Waals surface area contributed by atoms with Crippen LogP contribution in [0.15, 0.2) is 66.9 Å². The highest BCUT2D eigenvalue weighted by atomic mass is 35.5. The van der Waals surface area contributed by atoms with E-state index in [0.29, 0.717) is 6.79 Å². The van der Waals surface area contributed by atoms with Gasteiger partial charge in [0, 0.05) is 23.7 Å². The molecular weight excluding hydrogens is 448 g/mol. The molecule has 0 saturated carbocycles. The molecule has 0 bridgehead atoms. The van der Waals surface area contributed by atoms with E-state index in [2.05, 4.69) is 70.7 Å². The van der Waals surface area contributed by atoms with Crippen LogP contribution in [0.1, 0.15) is 11.1 Å². The lowest BCUT2D eigenvalue weighted by Crippen LogP contribution is -3.00. The number of ether oxygens (including phenoxy) is 3. The Hall–Kier alpha value is -3.70. The van der Waals surface area contributed by atoms with E-state index in [1.54, 1.807) is 7.11 Å². The Kier molecular flexibility index (Phi) is 4.89. The van der Waals surface area contributed by atoms with Crippen LogP contribution in [0.25, 0.3) is 32.4 Å². The van der Waals surface area contributed by atoms with E-state index in [1.807, 2.05) is 6.07 Å². The molecule has 7 rings (SSSR count). The fraction of sp³-hybridized carbons (Fsp3) is 0.179. The van der Waals surface area contributed by atoms with Crippen LogP contribution in [0.3, 0.4) is 0 Å². The molecule has 1 N–H and O–H groups in total. The number of pyridine rings is 1. The molecule has 2 aliphatic heterocycles. The highest BCUT2D eigenvalue weighted by molar-refractivity contribution is 6.18. The highest BCUT2D eigenvalue weighted by Crippen LogP contribution is 2.45. The molecule has 2 aliphatic rings. The van der Waals surface area contributed by atoms with Gasteiger partial charge in [0.2, 0.25) is 12.3 Å². The first-order valence-electron chi connectivity index (χ1n) is 11.3. The number of anilines is 1. The van der Waals surface area contributed by atoms with E-state index in [-0.39, 0.29) is 12.4 Å². The van der Waals surface area contributed by atoms with E-state index in [4.69, 9.17) is 14.2 Å². The number of aromatic nitrogens is 1. The maximum atomic E-state index is 5.83. The van der Waals surface area contributed by atoms with Crippen LogP contribution in [0.2, 0.25) is 0 Å². The average molecular weight is 471 g/mol. The normalized spacial score (nSPS) is 13.4. The number of aryl methyl sites for hydroxylation is 2. The minimum atomic E-state index is 0. The van der Waals surface area contributed by atoms with Gasteiger partial charge in [0.05, 0.1) is 29.0 Å². The van der Waals surface area contributed by atoms with Crippen molar-refractivity contribution in [3.05, 3.63) is 78.0 Å². The minimum Gasteiger partial charge on any atom is -1.00 e. The maximum absolute atomic E-state index is 5.83. The third-order valence-corrected chi connectivity index (χ3v) is 6.91. The molecule has 5 aromatic rings. The Morgan fingerprint density at radius 3 is 2.62 bits per heavy atom. The topological polar surface area (TPSA) is 43.6 Å². The van der Waals surface area contributed by atoms with Gasteiger partial charge in [-0.3, -0.25) is 0 Å². The molecule has 0 amide bonds. The predicted octanol–water partition coefficient (Wildman–Crippen LogP) is 2.34. The van der Waals surface area contributed by atoms with Gasteiger partial charge in [0.1, 0.15) is 5.75 Å². The average Bonchev–Trinajstić information content (AvgIpc) is 3.34. The number of nitrogens with zero attached hydrogens (tertiary/aromatic N) is 1. The van der Waals surface area contributed by atoms with Crippen molar-refractivity contribution in [2.75, 3.05) is 19.2 Å². The van der Waals surface area contributed by atoms with Crippen LogP contribution in [0.4, 0.5) is 5.69 Å². The maximum Gasteiger partial charge on any atom is 0.231 e. The number of nitrogens with one attached hydrogen (secondary N) is 1. The summed E-state index contributed by atoms with van der Waals surface area (Å²) in [5.74, 6) is 2.58. The number of rotatable bonds is 4. The number of hydrogen-bond acceptors (Lipinski definition) is 4. The molecule has 0 fully saturated rings. The van der Waals surface area contributed by atoms with Crippen molar-refractivity contribution < 1.29 is 31.2 Å². The first kappa shape index (κ1) is 20.9. The molecule has 3 heterocycles. The second-order valence-electron chi connectivity index (χ2n) is 8.67. The molecule has 0 unspecified atom stereocenters. The third-order valence-electron chi connectivity index (χ3n) is 6.91. The Bertz CT molecular complexity index is 1580. The van der Waals surface area contributed by atoms with Crippen molar-refractivity contribution in [3.63, 3.8) is 0 Å². The lowest BCUT2D eigenvalue weighted by atomic mass is 9.92. The molecule has 4 aromatic carbocycles. The quantitative estimate of drug-likeness (QED) is 0.323. The van der Waals surface area contributed by atoms with Crippen LogP contribution in [-0.4, -0.2) is 13.9 Å². The number of hydrogen-bond donors (Lipinski definition) is 1. The lowest BCUT2D eigenvalue weighted by Gasteiger charge is -2.19. The molecule has 34 heavy (non-hydrogen) atoms. The summed E-state index contributed by atoms with van der Waals surface area (Å²) in [6.07, 6.45) is 3.24. The number of benzene rings is 4. The van der Waals surface area contributed by atoms with Gasteiger partial charge in [0.25, 0.3) is 0 Å². The number of fused-ring (bicyclic) bond motifs is 4. The molecule has 0 spiro atoms.